The van der Waals surface area contributed by atoms with Gasteiger partial charge in [-0.25, -0.2) is 0 Å². The highest BCUT2D eigenvalue weighted by molar-refractivity contribution is 6.69. The first kappa shape index (κ1) is 18.3. The van der Waals surface area contributed by atoms with Crippen LogP contribution in [0.15, 0.2) is 0 Å². The molecule has 0 saturated carbocycles. The minimum Gasteiger partial charge on any atom is -0.436 e. The predicted octanol–water partition coefficient (Wildman–Crippen LogP) is 3.51. The molecular formula is C14H28O4Si. The monoisotopic (exact) mass is 288 g/mol. The van der Waals surface area contributed by atoms with E-state index in [1.54, 1.807) is 6.92 Å². The number of hydrogen-bond donors (Lipinski definition) is 0. The second-order valence-electron chi connectivity index (χ2n) is 6.72. The van der Waals surface area contributed by atoms with Crippen LogP contribution < -0.4 is 0 Å². The van der Waals surface area contributed by atoms with E-state index >= 15 is 0 Å². The Morgan fingerprint density at radius 3 is 2.05 bits per heavy atom. The van der Waals surface area contributed by atoms with Gasteiger partial charge in [0.2, 0.25) is 0 Å². The van der Waals surface area contributed by atoms with Crippen LogP contribution >= 0.6 is 0 Å². The lowest BCUT2D eigenvalue weighted by Gasteiger charge is -2.37. The minimum absolute atomic E-state index is 0.186. The van der Waals surface area contributed by atoms with Crippen molar-refractivity contribution in [1.29, 1.82) is 0 Å². The fourth-order valence-electron chi connectivity index (χ4n) is 1.73. The molecule has 0 bridgehead atoms. The van der Waals surface area contributed by atoms with Crippen LogP contribution in [0.1, 0.15) is 47.0 Å². The summed E-state index contributed by atoms with van der Waals surface area (Å²) < 4.78 is 11.3. The van der Waals surface area contributed by atoms with Crippen LogP contribution in [0.3, 0.4) is 0 Å². The Hall–Kier alpha value is -0.683. The molecule has 0 aliphatic heterocycles. The van der Waals surface area contributed by atoms with Gasteiger partial charge >= 0.3 is 5.97 Å². The van der Waals surface area contributed by atoms with E-state index in [9.17, 15) is 9.59 Å². The number of carbonyl (C=O) groups is 2. The summed E-state index contributed by atoms with van der Waals surface area (Å²) in [7, 11) is -1.80. The number of Topliss-reactive ketones (excluding diaryl/α,β-unsaturated/α-hetero) is 1. The van der Waals surface area contributed by atoms with Gasteiger partial charge in [0.1, 0.15) is 5.78 Å². The lowest BCUT2D eigenvalue weighted by Crippen LogP contribution is -2.43. The summed E-state index contributed by atoms with van der Waals surface area (Å²) in [5, 5.41) is 0. The first-order valence-corrected chi connectivity index (χ1v) is 10.2. The summed E-state index contributed by atoms with van der Waals surface area (Å²) in [6.07, 6.45) is 1.59. The molecule has 0 aliphatic carbocycles. The first-order valence-electron chi connectivity index (χ1n) is 6.78. The first-order chi connectivity index (χ1) is 8.44. The van der Waals surface area contributed by atoms with E-state index < -0.39 is 14.6 Å². The Labute approximate surface area is 118 Å². The summed E-state index contributed by atoms with van der Waals surface area (Å²) in [5.41, 5.74) is -0.290. The zero-order chi connectivity index (χ0) is 15.3. The van der Waals surface area contributed by atoms with Crippen LogP contribution in [0.25, 0.3) is 0 Å². The molecule has 0 aromatic rings. The van der Waals surface area contributed by atoms with Crippen LogP contribution in [0.4, 0.5) is 0 Å². The normalized spacial score (nSPS) is 14.1. The average molecular weight is 288 g/mol. The smallest absolute Gasteiger partial charge is 0.304 e. The zero-order valence-electron chi connectivity index (χ0n) is 13.3. The Bertz CT molecular complexity index is 318. The molecule has 1 atom stereocenters. The van der Waals surface area contributed by atoms with Crippen LogP contribution in [-0.4, -0.2) is 26.4 Å². The Balaban J connectivity index is 4.70. The standard InChI is InChI=1S/C14H28O4Si/c1-11(15)9-8-10-14(3,4)13(17-12(2)16)18-19(5,6)7/h13H,8-10H2,1-7H3. The van der Waals surface area contributed by atoms with Crippen LogP contribution in [0.5, 0.6) is 0 Å². The van der Waals surface area contributed by atoms with Gasteiger partial charge in [-0.1, -0.05) is 13.8 Å². The van der Waals surface area contributed by atoms with Crippen molar-refractivity contribution in [3.63, 3.8) is 0 Å². The molecule has 0 N–H and O–H groups in total. The third-order valence-corrected chi connectivity index (χ3v) is 3.64. The van der Waals surface area contributed by atoms with Crippen LogP contribution in [0, 0.1) is 5.41 Å². The molecule has 112 valence electrons. The molecule has 4 nitrogen and oxygen atoms in total. The fraction of sp³-hybridized carbons (Fsp3) is 0.857. The number of hydrogen-bond acceptors (Lipinski definition) is 4. The fourth-order valence-corrected chi connectivity index (χ4v) is 2.74. The molecule has 0 saturated heterocycles. The van der Waals surface area contributed by atoms with Gasteiger partial charge in [0.05, 0.1) is 0 Å². The van der Waals surface area contributed by atoms with Gasteiger partial charge < -0.3 is 14.0 Å². The summed E-state index contributed by atoms with van der Waals surface area (Å²) >= 11 is 0. The minimum atomic E-state index is -1.80. The van der Waals surface area contributed by atoms with E-state index in [1.807, 2.05) is 13.8 Å². The largest absolute Gasteiger partial charge is 0.436 e. The highest BCUT2D eigenvalue weighted by Gasteiger charge is 2.36. The third-order valence-electron chi connectivity index (χ3n) is 2.72. The Morgan fingerprint density at radius 2 is 1.68 bits per heavy atom. The molecule has 0 rings (SSSR count). The number of esters is 1. The van der Waals surface area contributed by atoms with Gasteiger partial charge in [-0.3, -0.25) is 4.79 Å². The molecule has 0 spiro atoms. The summed E-state index contributed by atoms with van der Waals surface area (Å²) in [6, 6.07) is 0. The van der Waals surface area contributed by atoms with E-state index in [0.717, 1.165) is 12.8 Å². The molecule has 5 heteroatoms. The van der Waals surface area contributed by atoms with E-state index in [-0.39, 0.29) is 17.2 Å². The van der Waals surface area contributed by atoms with Gasteiger partial charge in [0.15, 0.2) is 14.6 Å². The SMILES string of the molecule is CC(=O)CCCC(C)(C)C(OC(C)=O)O[Si](C)(C)C. The average Bonchev–Trinajstić information content (AvgIpc) is 2.12. The lowest BCUT2D eigenvalue weighted by atomic mass is 9.86. The van der Waals surface area contributed by atoms with Gasteiger partial charge in [-0.2, -0.15) is 0 Å². The van der Waals surface area contributed by atoms with E-state index in [2.05, 4.69) is 19.6 Å². The summed E-state index contributed by atoms with van der Waals surface area (Å²) in [4.78, 5) is 22.2. The molecule has 19 heavy (non-hydrogen) atoms. The zero-order valence-corrected chi connectivity index (χ0v) is 14.3. The maximum atomic E-state index is 11.2. The lowest BCUT2D eigenvalue weighted by molar-refractivity contribution is -0.182. The van der Waals surface area contributed by atoms with E-state index in [0.29, 0.717) is 6.42 Å². The van der Waals surface area contributed by atoms with Crippen molar-refractivity contribution < 1.29 is 18.8 Å². The second-order valence-corrected chi connectivity index (χ2v) is 11.2. The summed E-state index contributed by atoms with van der Waals surface area (Å²) in [5.74, 6) is -0.145. The van der Waals surface area contributed by atoms with Gasteiger partial charge in [0.25, 0.3) is 0 Å². The molecule has 1 unspecified atom stereocenters. The number of ether oxygens (including phenoxy) is 1. The molecule has 0 aromatic carbocycles. The molecule has 0 amide bonds. The number of rotatable bonds is 8. The number of carbonyl (C=O) groups excluding carboxylic acids is 2. The Morgan fingerprint density at radius 1 is 1.16 bits per heavy atom. The van der Waals surface area contributed by atoms with E-state index in [4.69, 9.17) is 9.16 Å². The predicted molar refractivity (Wildman–Crippen MR) is 78.3 cm³/mol. The molecule has 0 fully saturated rings. The highest BCUT2D eigenvalue weighted by Crippen LogP contribution is 2.32. The molecule has 0 aromatic heterocycles. The van der Waals surface area contributed by atoms with Crippen molar-refractivity contribution in [3.05, 3.63) is 0 Å². The van der Waals surface area contributed by atoms with Gasteiger partial charge in [-0.05, 0) is 39.4 Å². The van der Waals surface area contributed by atoms with Crippen molar-refractivity contribution in [1.82, 2.24) is 0 Å². The van der Waals surface area contributed by atoms with Gasteiger partial charge in [-0.15, -0.1) is 0 Å². The van der Waals surface area contributed by atoms with Crippen LogP contribution in [0.2, 0.25) is 19.6 Å². The third kappa shape index (κ3) is 8.94. The quantitative estimate of drug-likeness (QED) is 0.389. The van der Waals surface area contributed by atoms with Crippen molar-refractivity contribution in [2.75, 3.05) is 0 Å². The molecule has 0 radical (unpaired) electrons. The maximum absolute atomic E-state index is 11.2. The second kappa shape index (κ2) is 7.19. The van der Waals surface area contributed by atoms with Gasteiger partial charge in [0, 0.05) is 18.8 Å². The molecule has 0 heterocycles. The van der Waals surface area contributed by atoms with Crippen molar-refractivity contribution in [3.8, 4) is 0 Å². The Kier molecular flexibility index (Phi) is 6.93. The topological polar surface area (TPSA) is 52.6 Å². The highest BCUT2D eigenvalue weighted by atomic mass is 28.4. The molecular weight excluding hydrogens is 260 g/mol. The van der Waals surface area contributed by atoms with Crippen molar-refractivity contribution in [2.24, 2.45) is 5.41 Å². The van der Waals surface area contributed by atoms with Crippen molar-refractivity contribution in [2.45, 2.75) is 72.9 Å². The van der Waals surface area contributed by atoms with E-state index in [1.165, 1.54) is 6.92 Å². The number of ketones is 1. The molecule has 0 aliphatic rings. The van der Waals surface area contributed by atoms with Crippen LogP contribution in [-0.2, 0) is 18.8 Å². The maximum Gasteiger partial charge on any atom is 0.304 e. The summed E-state index contributed by atoms with van der Waals surface area (Å²) in [6.45, 7) is 13.2. The van der Waals surface area contributed by atoms with Crippen molar-refractivity contribution >= 4 is 20.1 Å².